The Labute approximate surface area is 134 Å². The second kappa shape index (κ2) is 5.96. The molecular formula is C14H17ClN2O2S2. The average Bonchev–Trinajstić information content (AvgIpc) is 2.80. The third-order valence-corrected chi connectivity index (χ3v) is 6.58. The Morgan fingerprint density at radius 3 is 2.52 bits per heavy atom. The number of thiophene rings is 1. The Morgan fingerprint density at radius 1 is 1.33 bits per heavy atom. The predicted octanol–water partition coefficient (Wildman–Crippen LogP) is 3.42. The van der Waals surface area contributed by atoms with Crippen LogP contribution < -0.4 is 5.73 Å². The van der Waals surface area contributed by atoms with Gasteiger partial charge in [-0.3, -0.25) is 0 Å². The van der Waals surface area contributed by atoms with Gasteiger partial charge in [-0.1, -0.05) is 11.6 Å². The first-order valence-electron chi connectivity index (χ1n) is 6.28. The zero-order chi connectivity index (χ0) is 15.8. The average molecular weight is 345 g/mol. The number of anilines is 1. The molecule has 114 valence electrons. The van der Waals surface area contributed by atoms with E-state index >= 15 is 0 Å². The van der Waals surface area contributed by atoms with Crippen molar-refractivity contribution in [1.82, 2.24) is 4.31 Å². The fraction of sp³-hybridized carbons (Fsp3) is 0.286. The Morgan fingerprint density at radius 2 is 2.00 bits per heavy atom. The van der Waals surface area contributed by atoms with E-state index in [9.17, 15) is 8.42 Å². The first kappa shape index (κ1) is 16.3. The molecular weight excluding hydrogens is 328 g/mol. The van der Waals surface area contributed by atoms with Gasteiger partial charge in [0, 0.05) is 29.2 Å². The fourth-order valence-corrected chi connectivity index (χ4v) is 4.39. The molecule has 0 atom stereocenters. The number of nitrogens with zero attached hydrogens (tertiary/aromatic N) is 1. The third-order valence-electron chi connectivity index (χ3n) is 3.40. The minimum Gasteiger partial charge on any atom is -0.398 e. The lowest BCUT2D eigenvalue weighted by molar-refractivity contribution is 0.469. The molecule has 0 unspecified atom stereocenters. The van der Waals surface area contributed by atoms with E-state index in [4.69, 9.17) is 17.3 Å². The van der Waals surface area contributed by atoms with Gasteiger partial charge >= 0.3 is 0 Å². The standard InChI is InChI=1S/C14H17ClN2O2S2/c1-9-4-5-20-14(9)8-17(3)21(18,19)11-6-12(15)10(2)13(16)7-11/h4-7H,8,16H2,1-3H3. The normalized spacial score (nSPS) is 12.0. The van der Waals surface area contributed by atoms with Gasteiger partial charge in [0.15, 0.2) is 0 Å². The summed E-state index contributed by atoms with van der Waals surface area (Å²) in [5.41, 5.74) is 7.96. The SMILES string of the molecule is Cc1ccsc1CN(C)S(=O)(=O)c1cc(N)c(C)c(Cl)c1. The molecule has 0 amide bonds. The van der Waals surface area contributed by atoms with E-state index in [0.29, 0.717) is 22.8 Å². The van der Waals surface area contributed by atoms with Crippen LogP contribution in [0.2, 0.25) is 5.02 Å². The highest BCUT2D eigenvalue weighted by Crippen LogP contribution is 2.28. The van der Waals surface area contributed by atoms with Gasteiger partial charge in [0.25, 0.3) is 0 Å². The van der Waals surface area contributed by atoms with Crippen LogP contribution in [0.25, 0.3) is 0 Å². The van der Waals surface area contributed by atoms with Gasteiger partial charge < -0.3 is 5.73 Å². The molecule has 0 fully saturated rings. The van der Waals surface area contributed by atoms with Gasteiger partial charge in [0.05, 0.1) is 4.90 Å². The van der Waals surface area contributed by atoms with Crippen molar-refractivity contribution in [2.45, 2.75) is 25.3 Å². The van der Waals surface area contributed by atoms with Crippen LogP contribution in [0.4, 0.5) is 5.69 Å². The van der Waals surface area contributed by atoms with E-state index in [-0.39, 0.29) is 4.90 Å². The molecule has 1 aromatic heterocycles. The molecule has 2 rings (SSSR count). The molecule has 0 spiro atoms. The first-order chi connectivity index (χ1) is 9.73. The number of benzene rings is 1. The summed E-state index contributed by atoms with van der Waals surface area (Å²) < 4.78 is 26.5. The Bertz CT molecular complexity index is 746. The molecule has 21 heavy (non-hydrogen) atoms. The van der Waals surface area contributed by atoms with Crippen molar-refractivity contribution in [3.8, 4) is 0 Å². The molecule has 0 aliphatic carbocycles. The van der Waals surface area contributed by atoms with Crippen molar-refractivity contribution >= 4 is 38.6 Å². The van der Waals surface area contributed by atoms with Crippen LogP contribution in [0.1, 0.15) is 16.0 Å². The summed E-state index contributed by atoms with van der Waals surface area (Å²) in [6.45, 7) is 4.05. The summed E-state index contributed by atoms with van der Waals surface area (Å²) in [4.78, 5) is 1.14. The molecule has 1 heterocycles. The lowest BCUT2D eigenvalue weighted by Crippen LogP contribution is -2.26. The van der Waals surface area contributed by atoms with Crippen molar-refractivity contribution < 1.29 is 8.42 Å². The molecule has 2 N–H and O–H groups in total. The molecule has 1 aromatic carbocycles. The summed E-state index contributed by atoms with van der Waals surface area (Å²) in [6.07, 6.45) is 0. The van der Waals surface area contributed by atoms with Crippen molar-refractivity contribution in [2.75, 3.05) is 12.8 Å². The zero-order valence-electron chi connectivity index (χ0n) is 12.1. The second-order valence-corrected chi connectivity index (χ2v) is 8.36. The highest BCUT2D eigenvalue weighted by atomic mass is 35.5. The molecule has 0 aliphatic rings. The highest BCUT2D eigenvalue weighted by Gasteiger charge is 2.23. The zero-order valence-corrected chi connectivity index (χ0v) is 14.4. The number of rotatable bonds is 4. The number of nitrogen functional groups attached to an aromatic ring is 1. The maximum absolute atomic E-state index is 12.6. The van der Waals surface area contributed by atoms with Crippen molar-refractivity contribution in [3.63, 3.8) is 0 Å². The largest absolute Gasteiger partial charge is 0.398 e. The number of hydrogen-bond donors (Lipinski definition) is 1. The van der Waals surface area contributed by atoms with Crippen LogP contribution in [0, 0.1) is 13.8 Å². The minimum absolute atomic E-state index is 0.118. The first-order valence-corrected chi connectivity index (χ1v) is 8.98. The van der Waals surface area contributed by atoms with E-state index in [1.54, 1.807) is 25.3 Å². The van der Waals surface area contributed by atoms with Crippen LogP contribution in [0.3, 0.4) is 0 Å². The van der Waals surface area contributed by atoms with Gasteiger partial charge in [-0.25, -0.2) is 8.42 Å². The monoisotopic (exact) mass is 344 g/mol. The Kier molecular flexibility index (Phi) is 4.63. The quantitative estimate of drug-likeness (QED) is 0.864. The molecule has 0 radical (unpaired) electrons. The summed E-state index contributed by atoms with van der Waals surface area (Å²) in [5, 5.41) is 2.31. The van der Waals surface area contributed by atoms with E-state index in [1.807, 2.05) is 18.4 Å². The summed E-state index contributed by atoms with van der Waals surface area (Å²) in [5.74, 6) is 0. The van der Waals surface area contributed by atoms with Crippen LogP contribution >= 0.6 is 22.9 Å². The van der Waals surface area contributed by atoms with Crippen LogP contribution in [-0.4, -0.2) is 19.8 Å². The van der Waals surface area contributed by atoms with Gasteiger partial charge in [0.2, 0.25) is 10.0 Å². The fourth-order valence-electron chi connectivity index (χ4n) is 1.86. The third kappa shape index (κ3) is 3.23. The van der Waals surface area contributed by atoms with E-state index in [1.165, 1.54) is 16.4 Å². The smallest absolute Gasteiger partial charge is 0.243 e. The predicted molar refractivity (Wildman–Crippen MR) is 88.3 cm³/mol. The summed E-state index contributed by atoms with van der Waals surface area (Å²) in [6, 6.07) is 4.87. The Hall–Kier alpha value is -1.08. The molecule has 0 bridgehead atoms. The molecule has 7 heteroatoms. The van der Waals surface area contributed by atoms with Crippen molar-refractivity contribution in [1.29, 1.82) is 0 Å². The number of halogens is 1. The topological polar surface area (TPSA) is 63.4 Å². The lowest BCUT2D eigenvalue weighted by Gasteiger charge is -2.18. The van der Waals surface area contributed by atoms with Gasteiger partial charge in [0.1, 0.15) is 0 Å². The second-order valence-electron chi connectivity index (χ2n) is 4.91. The molecule has 4 nitrogen and oxygen atoms in total. The maximum Gasteiger partial charge on any atom is 0.243 e. The van der Waals surface area contributed by atoms with Gasteiger partial charge in [-0.15, -0.1) is 11.3 Å². The van der Waals surface area contributed by atoms with E-state index in [0.717, 1.165) is 10.4 Å². The summed E-state index contributed by atoms with van der Waals surface area (Å²) >= 11 is 7.58. The van der Waals surface area contributed by atoms with Crippen LogP contribution in [0.5, 0.6) is 0 Å². The maximum atomic E-state index is 12.6. The number of nitrogens with two attached hydrogens (primary N) is 1. The number of hydrogen-bond acceptors (Lipinski definition) is 4. The van der Waals surface area contributed by atoms with Crippen molar-refractivity contribution in [3.05, 3.63) is 44.6 Å². The number of sulfonamides is 1. The molecule has 0 saturated carbocycles. The molecule has 0 aliphatic heterocycles. The summed E-state index contributed by atoms with van der Waals surface area (Å²) in [7, 11) is -2.06. The Balaban J connectivity index is 2.35. The van der Waals surface area contributed by atoms with Gasteiger partial charge in [-0.05, 0) is 48.6 Å². The number of aryl methyl sites for hydroxylation is 1. The van der Waals surface area contributed by atoms with Gasteiger partial charge in [-0.2, -0.15) is 4.31 Å². The van der Waals surface area contributed by atoms with E-state index < -0.39 is 10.0 Å². The van der Waals surface area contributed by atoms with E-state index in [2.05, 4.69) is 0 Å². The van der Waals surface area contributed by atoms with Crippen LogP contribution in [-0.2, 0) is 16.6 Å². The van der Waals surface area contributed by atoms with Crippen molar-refractivity contribution in [2.24, 2.45) is 0 Å². The molecule has 2 aromatic rings. The highest BCUT2D eigenvalue weighted by molar-refractivity contribution is 7.89. The molecule has 0 saturated heterocycles. The van der Waals surface area contributed by atoms with Crippen LogP contribution in [0.15, 0.2) is 28.5 Å². The lowest BCUT2D eigenvalue weighted by atomic mass is 10.2. The minimum atomic E-state index is -3.62.